The SMILES string of the molecule is CNO.Cc1nc(NCCNCC(C)(C)CC(C)(C)C=O)cc(Nc2ncc(C(=O)Nc3c(C)cccc3Cl)s2)n1. The number of hydrogen-bond donors (Lipinski definition) is 6. The molecule has 1 amide bonds. The third-order valence-corrected chi connectivity index (χ3v) is 6.95. The van der Waals surface area contributed by atoms with Gasteiger partial charge in [0.15, 0.2) is 5.13 Å². The van der Waals surface area contributed by atoms with Crippen LogP contribution >= 0.6 is 22.9 Å². The fourth-order valence-corrected chi connectivity index (χ4v) is 5.26. The van der Waals surface area contributed by atoms with E-state index in [9.17, 15) is 9.59 Å². The molecule has 1 aromatic carbocycles. The van der Waals surface area contributed by atoms with E-state index in [0.717, 1.165) is 31.4 Å². The lowest BCUT2D eigenvalue weighted by Crippen LogP contribution is -2.36. The molecule has 6 N–H and O–H groups in total. The summed E-state index contributed by atoms with van der Waals surface area (Å²) in [5, 5.41) is 21.1. The number of halogens is 1. The molecule has 3 aromatic rings. The maximum Gasteiger partial charge on any atom is 0.267 e. The van der Waals surface area contributed by atoms with E-state index in [0.29, 0.717) is 44.7 Å². The molecule has 224 valence electrons. The van der Waals surface area contributed by atoms with Gasteiger partial charge in [-0.3, -0.25) is 4.79 Å². The van der Waals surface area contributed by atoms with Crippen LogP contribution in [-0.4, -0.2) is 59.0 Å². The summed E-state index contributed by atoms with van der Waals surface area (Å²) in [4.78, 5) is 37.6. The second-order valence-electron chi connectivity index (χ2n) is 11.0. The number of hydrogen-bond acceptors (Lipinski definition) is 11. The van der Waals surface area contributed by atoms with Crippen molar-refractivity contribution < 1.29 is 14.8 Å². The van der Waals surface area contributed by atoms with E-state index in [4.69, 9.17) is 16.8 Å². The molecule has 0 aliphatic carbocycles. The minimum absolute atomic E-state index is 0.00263. The largest absolute Gasteiger partial charge is 0.369 e. The number of nitrogens with zero attached hydrogens (tertiary/aromatic N) is 3. The Morgan fingerprint density at radius 1 is 1.12 bits per heavy atom. The first-order valence-electron chi connectivity index (χ1n) is 13.2. The van der Waals surface area contributed by atoms with Crippen molar-refractivity contribution in [3.63, 3.8) is 0 Å². The predicted molar refractivity (Wildman–Crippen MR) is 167 cm³/mol. The number of amides is 1. The van der Waals surface area contributed by atoms with Crippen molar-refractivity contribution in [3.8, 4) is 0 Å². The van der Waals surface area contributed by atoms with Crippen molar-refractivity contribution >= 4 is 57.6 Å². The first kappa shape index (κ1) is 34.0. The monoisotopic (exact) mass is 604 g/mol. The van der Waals surface area contributed by atoms with E-state index in [1.165, 1.54) is 24.6 Å². The maximum atomic E-state index is 12.7. The van der Waals surface area contributed by atoms with Gasteiger partial charge in [-0.25, -0.2) is 20.4 Å². The van der Waals surface area contributed by atoms with E-state index in [1.807, 2.05) is 39.8 Å². The lowest BCUT2D eigenvalue weighted by Gasteiger charge is -2.31. The second-order valence-corrected chi connectivity index (χ2v) is 12.4. The van der Waals surface area contributed by atoms with Gasteiger partial charge in [-0.05, 0) is 37.3 Å². The van der Waals surface area contributed by atoms with Gasteiger partial charge in [0.2, 0.25) is 0 Å². The third kappa shape index (κ3) is 11.7. The fraction of sp³-hybridized carbons (Fsp3) is 0.464. The highest BCUT2D eigenvalue weighted by Gasteiger charge is 2.28. The topological polar surface area (TPSA) is 153 Å². The number of anilines is 4. The molecule has 0 aliphatic rings. The molecular formula is C28H41ClN8O3S. The van der Waals surface area contributed by atoms with Crippen molar-refractivity contribution in [3.05, 3.63) is 51.7 Å². The van der Waals surface area contributed by atoms with Gasteiger partial charge >= 0.3 is 0 Å². The van der Waals surface area contributed by atoms with Gasteiger partial charge in [0.25, 0.3) is 5.91 Å². The minimum Gasteiger partial charge on any atom is -0.369 e. The molecule has 0 bridgehead atoms. The minimum atomic E-state index is -0.331. The van der Waals surface area contributed by atoms with Crippen molar-refractivity contribution in [1.29, 1.82) is 0 Å². The molecule has 2 aromatic heterocycles. The zero-order valence-electron chi connectivity index (χ0n) is 24.7. The molecule has 11 nitrogen and oxygen atoms in total. The number of aldehydes is 1. The van der Waals surface area contributed by atoms with E-state index >= 15 is 0 Å². The summed E-state index contributed by atoms with van der Waals surface area (Å²) in [6.07, 6.45) is 3.36. The summed E-state index contributed by atoms with van der Waals surface area (Å²) >= 11 is 7.45. The molecular weight excluding hydrogens is 564 g/mol. The highest BCUT2D eigenvalue weighted by molar-refractivity contribution is 7.17. The predicted octanol–water partition coefficient (Wildman–Crippen LogP) is 5.44. The molecule has 0 spiro atoms. The Balaban J connectivity index is 0.00000187. The van der Waals surface area contributed by atoms with Crippen LogP contribution in [0.25, 0.3) is 0 Å². The number of thiazole rings is 1. The molecule has 0 radical (unpaired) electrons. The molecule has 0 saturated heterocycles. The Morgan fingerprint density at radius 2 is 1.80 bits per heavy atom. The van der Waals surface area contributed by atoms with Gasteiger partial charge in [-0.15, -0.1) is 0 Å². The molecule has 2 heterocycles. The highest BCUT2D eigenvalue weighted by Crippen LogP contribution is 2.31. The first-order chi connectivity index (χ1) is 19.3. The zero-order chi connectivity index (χ0) is 30.6. The number of nitrogens with one attached hydrogen (secondary N) is 5. The van der Waals surface area contributed by atoms with Gasteiger partial charge in [0.1, 0.15) is 28.6 Å². The number of benzene rings is 1. The molecule has 3 rings (SSSR count). The van der Waals surface area contributed by atoms with E-state index in [1.54, 1.807) is 17.6 Å². The Hall–Kier alpha value is -3.16. The standard InChI is InChI=1S/C27H36ClN7O2S.CH5NO/c1-17-8-7-9-19(28)23(17)35-24(37)20-13-31-25(38-20)34-22-12-21(32-18(2)33-22)30-11-10-29-15-26(3,4)14-27(5,6)16-36;1-2-3/h7-9,12-13,16,29H,10-11,14-15H2,1-6H3,(H,35,37)(H2,30,31,32,33,34);2-3H,1H3. The molecule has 0 fully saturated rings. The van der Waals surface area contributed by atoms with Crippen LogP contribution in [0.15, 0.2) is 30.5 Å². The van der Waals surface area contributed by atoms with Gasteiger partial charge in [-0.1, -0.05) is 62.8 Å². The van der Waals surface area contributed by atoms with Crippen molar-refractivity contribution in [2.45, 2.75) is 48.0 Å². The van der Waals surface area contributed by atoms with Crippen LogP contribution in [0.2, 0.25) is 5.02 Å². The van der Waals surface area contributed by atoms with Crippen LogP contribution in [0.1, 0.15) is 55.2 Å². The number of aryl methyl sites for hydroxylation is 2. The molecule has 13 heteroatoms. The smallest absolute Gasteiger partial charge is 0.267 e. The number of carbonyl (C=O) groups excluding carboxylic acids is 2. The first-order valence-corrected chi connectivity index (χ1v) is 14.4. The van der Waals surface area contributed by atoms with Crippen LogP contribution in [-0.2, 0) is 4.79 Å². The Morgan fingerprint density at radius 3 is 2.46 bits per heavy atom. The second kappa shape index (κ2) is 15.7. The van der Waals surface area contributed by atoms with E-state index in [-0.39, 0.29) is 16.7 Å². The summed E-state index contributed by atoms with van der Waals surface area (Å²) in [6, 6.07) is 7.26. The Kier molecular flexibility index (Phi) is 13.1. The van der Waals surface area contributed by atoms with Gasteiger partial charge < -0.3 is 31.3 Å². The van der Waals surface area contributed by atoms with E-state index in [2.05, 4.69) is 50.1 Å². The van der Waals surface area contributed by atoms with Crippen LogP contribution in [0.5, 0.6) is 0 Å². The average molecular weight is 605 g/mol. The van der Waals surface area contributed by atoms with Gasteiger partial charge in [0, 0.05) is 38.2 Å². The average Bonchev–Trinajstić information content (AvgIpc) is 3.34. The van der Waals surface area contributed by atoms with Crippen molar-refractivity contribution in [2.75, 3.05) is 42.6 Å². The summed E-state index contributed by atoms with van der Waals surface area (Å²) in [6.45, 7) is 14.2. The molecule has 0 atom stereocenters. The third-order valence-electron chi connectivity index (χ3n) is 5.73. The number of carbonyl (C=O) groups is 2. The van der Waals surface area contributed by atoms with Crippen molar-refractivity contribution in [1.82, 2.24) is 25.7 Å². The van der Waals surface area contributed by atoms with Crippen LogP contribution < -0.4 is 26.7 Å². The van der Waals surface area contributed by atoms with Crippen LogP contribution in [0, 0.1) is 24.7 Å². The quantitative estimate of drug-likeness (QED) is 0.0844. The van der Waals surface area contributed by atoms with Crippen molar-refractivity contribution in [2.24, 2.45) is 10.8 Å². The normalized spacial score (nSPS) is 11.3. The summed E-state index contributed by atoms with van der Waals surface area (Å²) < 4.78 is 0. The fourth-order valence-electron chi connectivity index (χ4n) is 4.28. The molecule has 41 heavy (non-hydrogen) atoms. The summed E-state index contributed by atoms with van der Waals surface area (Å²) in [5.41, 5.74) is 2.89. The lowest BCUT2D eigenvalue weighted by molar-refractivity contribution is -0.116. The van der Waals surface area contributed by atoms with Gasteiger partial charge in [-0.2, -0.15) is 0 Å². The highest BCUT2D eigenvalue weighted by atomic mass is 35.5. The van der Waals surface area contributed by atoms with Crippen LogP contribution in [0.3, 0.4) is 0 Å². The zero-order valence-corrected chi connectivity index (χ0v) is 26.3. The molecule has 0 saturated carbocycles. The molecule has 0 aliphatic heterocycles. The van der Waals surface area contributed by atoms with Gasteiger partial charge in [0.05, 0.1) is 16.9 Å². The number of aromatic nitrogens is 3. The van der Waals surface area contributed by atoms with E-state index < -0.39 is 0 Å². The Labute approximate surface area is 250 Å². The summed E-state index contributed by atoms with van der Waals surface area (Å²) in [7, 11) is 1.43. The number of para-hydroxylation sites is 1. The van der Waals surface area contributed by atoms with Crippen LogP contribution in [0.4, 0.5) is 22.5 Å². The number of hydroxylamine groups is 1. The summed E-state index contributed by atoms with van der Waals surface area (Å²) in [5.74, 6) is 1.59. The Bertz CT molecular complexity index is 1280. The molecule has 0 unspecified atom stereocenters. The lowest BCUT2D eigenvalue weighted by atomic mass is 9.76. The maximum absolute atomic E-state index is 12.7. The number of rotatable bonds is 13.